The number of nitrogens with zero attached hydrogens (tertiary/aromatic N) is 2. The van der Waals surface area contributed by atoms with Crippen LogP contribution < -0.4 is 15.5 Å². The normalized spacial score (nSPS) is 24.7. The molecule has 0 aromatic heterocycles. The summed E-state index contributed by atoms with van der Waals surface area (Å²) in [5.41, 5.74) is 2.55. The van der Waals surface area contributed by atoms with Gasteiger partial charge >= 0.3 is 0 Å². The van der Waals surface area contributed by atoms with Gasteiger partial charge in [-0.3, -0.25) is 4.99 Å². The van der Waals surface area contributed by atoms with Crippen LogP contribution in [0.25, 0.3) is 0 Å². The van der Waals surface area contributed by atoms with E-state index in [9.17, 15) is 0 Å². The van der Waals surface area contributed by atoms with Gasteiger partial charge in [0.15, 0.2) is 5.96 Å². The lowest BCUT2D eigenvalue weighted by molar-refractivity contribution is 0.0243. The Hall–Kier alpha value is -1.75. The Morgan fingerprint density at radius 1 is 1.23 bits per heavy atom. The van der Waals surface area contributed by atoms with Crippen molar-refractivity contribution in [1.82, 2.24) is 10.6 Å². The molecule has 2 fully saturated rings. The first-order valence-corrected chi connectivity index (χ1v) is 10.0. The van der Waals surface area contributed by atoms with Gasteiger partial charge in [-0.15, -0.1) is 0 Å². The molecule has 2 aliphatic rings. The number of guanidine groups is 1. The predicted molar refractivity (Wildman–Crippen MR) is 109 cm³/mol. The number of nitrogens with one attached hydrogen (secondary N) is 2. The number of rotatable bonds is 5. The van der Waals surface area contributed by atoms with Crippen molar-refractivity contribution in [2.75, 3.05) is 38.2 Å². The first-order chi connectivity index (χ1) is 12.6. The molecule has 0 bridgehead atoms. The number of benzene rings is 1. The third-order valence-electron chi connectivity index (χ3n) is 5.70. The van der Waals surface area contributed by atoms with E-state index in [4.69, 9.17) is 4.74 Å². The summed E-state index contributed by atoms with van der Waals surface area (Å²) in [6.45, 7) is 9.30. The number of hydrogen-bond donors (Lipinski definition) is 2. The molecule has 2 N–H and O–H groups in total. The fourth-order valence-corrected chi connectivity index (χ4v) is 3.74. The Kier molecular flexibility index (Phi) is 6.41. The topological polar surface area (TPSA) is 48.9 Å². The van der Waals surface area contributed by atoms with E-state index in [0.717, 1.165) is 44.4 Å². The Balaban J connectivity index is 1.46. The molecule has 1 aromatic carbocycles. The highest BCUT2D eigenvalue weighted by Crippen LogP contribution is 2.24. The van der Waals surface area contributed by atoms with Gasteiger partial charge < -0.3 is 20.3 Å². The molecular weight excluding hydrogens is 324 g/mol. The molecule has 0 spiro atoms. The van der Waals surface area contributed by atoms with Crippen LogP contribution in [0.5, 0.6) is 0 Å². The summed E-state index contributed by atoms with van der Waals surface area (Å²) < 4.78 is 5.83. The van der Waals surface area contributed by atoms with Gasteiger partial charge in [0.1, 0.15) is 0 Å². The zero-order valence-electron chi connectivity index (χ0n) is 16.6. The third kappa shape index (κ3) is 5.13. The molecule has 3 rings (SSSR count). The smallest absolute Gasteiger partial charge is 0.191 e. The maximum Gasteiger partial charge on any atom is 0.191 e. The Morgan fingerprint density at radius 2 is 1.96 bits per heavy atom. The lowest BCUT2D eigenvalue weighted by Crippen LogP contribution is -2.45. The molecular formula is C21H34N4O. The van der Waals surface area contributed by atoms with E-state index in [2.05, 4.69) is 58.6 Å². The molecule has 5 heteroatoms. The first-order valence-electron chi connectivity index (χ1n) is 10.0. The zero-order valence-corrected chi connectivity index (χ0v) is 16.6. The summed E-state index contributed by atoms with van der Waals surface area (Å²) in [6.07, 6.45) is 4.85. The van der Waals surface area contributed by atoms with Crippen LogP contribution in [-0.4, -0.2) is 44.8 Å². The van der Waals surface area contributed by atoms with Crippen molar-refractivity contribution in [3.63, 3.8) is 0 Å². The molecule has 0 saturated carbocycles. The minimum absolute atomic E-state index is 0.0643. The van der Waals surface area contributed by atoms with Gasteiger partial charge in [-0.25, -0.2) is 0 Å². The van der Waals surface area contributed by atoms with Crippen LogP contribution in [0.15, 0.2) is 29.3 Å². The van der Waals surface area contributed by atoms with Gasteiger partial charge in [-0.05, 0) is 56.2 Å². The number of hydrogen-bond acceptors (Lipinski definition) is 3. The van der Waals surface area contributed by atoms with E-state index in [0.29, 0.717) is 0 Å². The van der Waals surface area contributed by atoms with Gasteiger partial charge in [0.2, 0.25) is 0 Å². The average molecular weight is 359 g/mol. The van der Waals surface area contributed by atoms with Crippen molar-refractivity contribution in [2.45, 2.75) is 51.7 Å². The molecule has 0 radical (unpaired) electrons. The van der Waals surface area contributed by atoms with Crippen LogP contribution in [0.2, 0.25) is 0 Å². The summed E-state index contributed by atoms with van der Waals surface area (Å²) in [6, 6.07) is 8.93. The van der Waals surface area contributed by atoms with Crippen LogP contribution in [0.1, 0.15) is 45.1 Å². The summed E-state index contributed by atoms with van der Waals surface area (Å²) in [7, 11) is 1.81. The SMILES string of the molecule is CN=C(NCc1ccc(N2CCC(C)CC2)cc1)NCC1(C)CCCO1. The van der Waals surface area contributed by atoms with Crippen molar-refractivity contribution < 1.29 is 4.74 Å². The quantitative estimate of drug-likeness (QED) is 0.627. The average Bonchev–Trinajstić information content (AvgIpc) is 3.10. The highest BCUT2D eigenvalue weighted by molar-refractivity contribution is 5.79. The fraction of sp³-hybridized carbons (Fsp3) is 0.667. The molecule has 5 nitrogen and oxygen atoms in total. The van der Waals surface area contributed by atoms with E-state index < -0.39 is 0 Å². The highest BCUT2D eigenvalue weighted by atomic mass is 16.5. The number of aliphatic imine (C=N–C) groups is 1. The molecule has 0 aliphatic carbocycles. The second kappa shape index (κ2) is 8.76. The van der Waals surface area contributed by atoms with Gasteiger partial charge in [0.25, 0.3) is 0 Å². The van der Waals surface area contributed by atoms with E-state index >= 15 is 0 Å². The maximum absolute atomic E-state index is 5.83. The monoisotopic (exact) mass is 358 g/mol. The Labute approximate surface area is 158 Å². The van der Waals surface area contributed by atoms with Crippen molar-refractivity contribution in [2.24, 2.45) is 10.9 Å². The van der Waals surface area contributed by atoms with E-state index in [1.54, 1.807) is 0 Å². The molecule has 26 heavy (non-hydrogen) atoms. The second-order valence-electron chi connectivity index (χ2n) is 8.02. The number of ether oxygens (including phenoxy) is 1. The largest absolute Gasteiger partial charge is 0.373 e. The lowest BCUT2D eigenvalue weighted by atomic mass is 9.99. The standard InChI is InChI=1S/C21H34N4O/c1-17-9-12-25(13-10-17)19-7-5-18(6-8-19)15-23-20(22-3)24-16-21(2)11-4-14-26-21/h5-8,17H,4,9-16H2,1-3H3,(H2,22,23,24). The van der Waals surface area contributed by atoms with E-state index in [1.807, 2.05) is 7.05 Å². The van der Waals surface area contributed by atoms with E-state index in [1.165, 1.54) is 37.2 Å². The van der Waals surface area contributed by atoms with Gasteiger partial charge in [0, 0.05) is 45.5 Å². The van der Waals surface area contributed by atoms with Gasteiger partial charge in [-0.1, -0.05) is 19.1 Å². The lowest BCUT2D eigenvalue weighted by Gasteiger charge is -2.32. The van der Waals surface area contributed by atoms with Gasteiger partial charge in [0.05, 0.1) is 5.60 Å². The Morgan fingerprint density at radius 3 is 2.58 bits per heavy atom. The minimum atomic E-state index is -0.0643. The Bertz CT molecular complexity index is 585. The van der Waals surface area contributed by atoms with Crippen molar-refractivity contribution in [1.29, 1.82) is 0 Å². The molecule has 144 valence electrons. The molecule has 1 aromatic rings. The minimum Gasteiger partial charge on any atom is -0.373 e. The zero-order chi connectivity index (χ0) is 18.4. The van der Waals surface area contributed by atoms with Crippen LogP contribution in [-0.2, 0) is 11.3 Å². The third-order valence-corrected chi connectivity index (χ3v) is 5.70. The van der Waals surface area contributed by atoms with E-state index in [-0.39, 0.29) is 5.60 Å². The summed E-state index contributed by atoms with van der Waals surface area (Å²) in [5, 5.41) is 6.80. The van der Waals surface area contributed by atoms with Crippen molar-refractivity contribution >= 4 is 11.6 Å². The van der Waals surface area contributed by atoms with Crippen LogP contribution in [0.4, 0.5) is 5.69 Å². The molecule has 2 aliphatic heterocycles. The highest BCUT2D eigenvalue weighted by Gasteiger charge is 2.29. The number of anilines is 1. The number of piperidine rings is 1. The molecule has 1 unspecified atom stereocenters. The fourth-order valence-electron chi connectivity index (χ4n) is 3.74. The summed E-state index contributed by atoms with van der Waals surface area (Å²) in [5.74, 6) is 1.70. The van der Waals surface area contributed by atoms with Crippen molar-refractivity contribution in [3.05, 3.63) is 29.8 Å². The second-order valence-corrected chi connectivity index (χ2v) is 8.02. The van der Waals surface area contributed by atoms with Gasteiger partial charge in [-0.2, -0.15) is 0 Å². The molecule has 2 saturated heterocycles. The van der Waals surface area contributed by atoms with Crippen LogP contribution >= 0.6 is 0 Å². The summed E-state index contributed by atoms with van der Waals surface area (Å²) >= 11 is 0. The molecule has 1 atom stereocenters. The summed E-state index contributed by atoms with van der Waals surface area (Å²) in [4.78, 5) is 6.82. The van der Waals surface area contributed by atoms with Crippen molar-refractivity contribution in [3.8, 4) is 0 Å². The van der Waals surface area contributed by atoms with Crippen LogP contribution in [0, 0.1) is 5.92 Å². The molecule has 0 amide bonds. The first kappa shape index (κ1) is 19.0. The van der Waals surface area contributed by atoms with Crippen LogP contribution in [0.3, 0.4) is 0 Å². The molecule has 2 heterocycles. The maximum atomic E-state index is 5.83. The predicted octanol–water partition coefficient (Wildman–Crippen LogP) is 3.16.